The third-order valence-electron chi connectivity index (χ3n) is 0.401. The molecule has 0 unspecified atom stereocenters. The molecule has 1 radical (unpaired) electrons. The average molecular weight is 103 g/mol. The van der Waals surface area contributed by atoms with Gasteiger partial charge in [0.15, 0.2) is 0 Å². The Hall–Kier alpha value is -0.220. The summed E-state index contributed by atoms with van der Waals surface area (Å²) in [6, 6.07) is 0. The van der Waals surface area contributed by atoms with E-state index < -0.39 is 0 Å². The summed E-state index contributed by atoms with van der Waals surface area (Å²) >= 11 is 1.04. The first kappa shape index (κ1) is 3.95. The lowest BCUT2D eigenvalue weighted by atomic mass is 11.1. The minimum absolute atomic E-state index is 0.0463. The minimum atomic E-state index is -0.0463. The van der Waals surface area contributed by atoms with Crippen molar-refractivity contribution in [3.05, 3.63) is 6.67 Å². The quantitative estimate of drug-likeness (QED) is 0.426. The zero-order chi connectivity index (χ0) is 4.41. The molecule has 1 heterocycles. The summed E-state index contributed by atoms with van der Waals surface area (Å²) in [5.74, 6) is 0. The van der Waals surface area contributed by atoms with Gasteiger partial charge in [-0.15, -0.1) is 0 Å². The number of amides is 1. The molecule has 1 saturated heterocycles. The number of carbonyl (C=O) groups excluding carboxylic acids is 1. The highest BCUT2D eigenvalue weighted by Gasteiger charge is 2.06. The largest absolute Gasteiger partial charge is 0.326 e. The first-order valence-electron chi connectivity index (χ1n) is 1.44. The number of rotatable bonds is 0. The third-order valence-corrected chi connectivity index (χ3v) is 0.940. The second-order valence-corrected chi connectivity index (χ2v) is 1.61. The maximum Gasteiger partial charge on any atom is 0.295 e. The van der Waals surface area contributed by atoms with E-state index in [1.54, 1.807) is 0 Å². The van der Waals surface area contributed by atoms with Crippen molar-refractivity contribution in [3.63, 3.8) is 0 Å². The van der Waals surface area contributed by atoms with Crippen molar-refractivity contribution >= 4 is 17.2 Å². The van der Waals surface area contributed by atoms with E-state index in [0.717, 1.165) is 11.9 Å². The lowest BCUT2D eigenvalue weighted by Crippen LogP contribution is -2.06. The zero-order valence-corrected chi connectivity index (χ0v) is 3.71. The summed E-state index contributed by atoms with van der Waals surface area (Å²) in [5.41, 5.74) is 0. The molecule has 0 aromatic carbocycles. The molecule has 0 aliphatic carbocycles. The Labute approximate surface area is 39.6 Å². The molecule has 1 fully saturated rings. The van der Waals surface area contributed by atoms with Gasteiger partial charge < -0.3 is 5.32 Å². The molecule has 1 amide bonds. The summed E-state index contributed by atoms with van der Waals surface area (Å²) in [7, 11) is 0. The highest BCUT2D eigenvalue weighted by molar-refractivity contribution is 8.12. The Kier molecular flexibility index (Phi) is 0.979. The molecule has 3 nitrogen and oxygen atoms in total. The Balaban J connectivity index is 2.37. The van der Waals surface area contributed by atoms with Crippen LogP contribution in [0.4, 0.5) is 4.79 Å². The van der Waals surface area contributed by atoms with Gasteiger partial charge in [-0.25, -0.2) is 4.72 Å². The number of hydrogen-bond donors (Lipinski definition) is 2. The van der Waals surface area contributed by atoms with Crippen molar-refractivity contribution in [2.45, 2.75) is 0 Å². The van der Waals surface area contributed by atoms with Gasteiger partial charge >= 0.3 is 0 Å². The van der Waals surface area contributed by atoms with Crippen molar-refractivity contribution < 1.29 is 4.79 Å². The van der Waals surface area contributed by atoms with Crippen LogP contribution in [0.1, 0.15) is 0 Å². The van der Waals surface area contributed by atoms with E-state index in [4.69, 9.17) is 0 Å². The zero-order valence-electron chi connectivity index (χ0n) is 2.89. The van der Waals surface area contributed by atoms with E-state index in [9.17, 15) is 4.79 Å². The number of hydrogen-bond acceptors (Lipinski definition) is 3. The normalized spacial score (nSPS) is 21.0. The summed E-state index contributed by atoms with van der Waals surface area (Å²) in [4.78, 5) is 10.0. The van der Waals surface area contributed by atoms with Crippen LogP contribution in [0.2, 0.25) is 0 Å². The van der Waals surface area contributed by atoms with Gasteiger partial charge in [-0.1, -0.05) is 0 Å². The predicted molar refractivity (Wildman–Crippen MR) is 23.6 cm³/mol. The summed E-state index contributed by atoms with van der Waals surface area (Å²) in [6.07, 6.45) is 0. The highest BCUT2D eigenvalue weighted by Crippen LogP contribution is 2.00. The van der Waals surface area contributed by atoms with Crippen LogP contribution in [-0.4, -0.2) is 5.24 Å². The topological polar surface area (TPSA) is 41.1 Å². The maximum atomic E-state index is 10.0. The lowest BCUT2D eigenvalue weighted by molar-refractivity contribution is 0.263. The molecule has 1 aliphatic rings. The molecule has 0 bridgehead atoms. The van der Waals surface area contributed by atoms with E-state index in [2.05, 4.69) is 10.0 Å². The van der Waals surface area contributed by atoms with Gasteiger partial charge in [-0.3, -0.25) is 4.79 Å². The molecule has 6 heavy (non-hydrogen) atoms. The molecule has 4 heteroatoms. The van der Waals surface area contributed by atoms with E-state index in [1.165, 1.54) is 6.67 Å². The van der Waals surface area contributed by atoms with E-state index in [-0.39, 0.29) is 5.24 Å². The van der Waals surface area contributed by atoms with Gasteiger partial charge in [0.2, 0.25) is 0 Å². The number of carbonyl (C=O) groups is 1. The highest BCUT2D eigenvalue weighted by atomic mass is 32.2. The van der Waals surface area contributed by atoms with Gasteiger partial charge in [-0.2, -0.15) is 0 Å². The molecular weight excluding hydrogens is 100 g/mol. The third kappa shape index (κ3) is 0.636. The van der Waals surface area contributed by atoms with Crippen LogP contribution in [0.3, 0.4) is 0 Å². The molecule has 2 N–H and O–H groups in total. The fraction of sp³-hybridized carbons (Fsp3) is 0. The Morgan fingerprint density at radius 1 is 1.83 bits per heavy atom. The predicted octanol–water partition coefficient (Wildman–Crippen LogP) is 0.0667. The molecule has 0 saturated carbocycles. The van der Waals surface area contributed by atoms with Crippen LogP contribution in [0.5, 0.6) is 0 Å². The molecule has 1 rings (SSSR count). The second kappa shape index (κ2) is 1.49. The maximum absolute atomic E-state index is 10.0. The van der Waals surface area contributed by atoms with Crippen molar-refractivity contribution in [1.82, 2.24) is 10.0 Å². The van der Waals surface area contributed by atoms with Crippen molar-refractivity contribution in [1.29, 1.82) is 0 Å². The standard InChI is InChI=1S/C2H3N2OS/c5-2-3-1-4-6-2/h1,4H,(H,3,5). The van der Waals surface area contributed by atoms with Crippen LogP contribution in [0.15, 0.2) is 0 Å². The molecule has 0 aromatic rings. The van der Waals surface area contributed by atoms with Crippen molar-refractivity contribution in [3.8, 4) is 0 Å². The van der Waals surface area contributed by atoms with E-state index >= 15 is 0 Å². The van der Waals surface area contributed by atoms with Crippen LogP contribution in [0, 0.1) is 6.67 Å². The Morgan fingerprint density at radius 2 is 2.67 bits per heavy atom. The average Bonchev–Trinajstić information content (AvgIpc) is 1.86. The van der Waals surface area contributed by atoms with Gasteiger partial charge in [0.25, 0.3) is 5.24 Å². The van der Waals surface area contributed by atoms with E-state index in [1.807, 2.05) is 0 Å². The molecule has 1 aliphatic heterocycles. The van der Waals surface area contributed by atoms with Crippen LogP contribution < -0.4 is 10.0 Å². The summed E-state index contributed by atoms with van der Waals surface area (Å²) < 4.78 is 2.60. The van der Waals surface area contributed by atoms with Gasteiger partial charge in [0, 0.05) is 11.9 Å². The van der Waals surface area contributed by atoms with Gasteiger partial charge in [0.1, 0.15) is 6.67 Å². The van der Waals surface area contributed by atoms with Gasteiger partial charge in [0.05, 0.1) is 0 Å². The van der Waals surface area contributed by atoms with Crippen LogP contribution in [-0.2, 0) is 0 Å². The first-order chi connectivity index (χ1) is 2.89. The minimum Gasteiger partial charge on any atom is -0.326 e. The summed E-state index contributed by atoms with van der Waals surface area (Å²) in [5, 5.41) is 2.36. The van der Waals surface area contributed by atoms with Crippen molar-refractivity contribution in [2.24, 2.45) is 0 Å². The second-order valence-electron chi connectivity index (χ2n) is 0.796. The first-order valence-corrected chi connectivity index (χ1v) is 2.26. The fourth-order valence-electron chi connectivity index (χ4n) is 0.201. The smallest absolute Gasteiger partial charge is 0.295 e. The van der Waals surface area contributed by atoms with Crippen LogP contribution >= 0.6 is 11.9 Å². The van der Waals surface area contributed by atoms with Crippen LogP contribution in [0.25, 0.3) is 0 Å². The SMILES string of the molecule is O=C1N[CH]NS1. The molecule has 33 valence electrons. The van der Waals surface area contributed by atoms with Crippen molar-refractivity contribution in [2.75, 3.05) is 0 Å². The molecule has 0 aromatic heterocycles. The molecular formula is C2H3N2OS. The Morgan fingerprint density at radius 3 is 2.83 bits per heavy atom. The van der Waals surface area contributed by atoms with Gasteiger partial charge in [-0.05, 0) is 0 Å². The number of nitrogens with one attached hydrogen (secondary N) is 2. The summed E-state index contributed by atoms with van der Waals surface area (Å²) in [6.45, 7) is 1.49. The fourth-order valence-corrected chi connectivity index (χ4v) is 0.544. The molecule has 0 atom stereocenters. The van der Waals surface area contributed by atoms with E-state index in [0.29, 0.717) is 0 Å². The lowest BCUT2D eigenvalue weighted by Gasteiger charge is -1.75. The Bertz CT molecular complexity index is 65.9. The monoisotopic (exact) mass is 103 g/mol. The molecule has 0 spiro atoms.